The number of fused-ring (bicyclic) bond motifs is 1. The van der Waals surface area contributed by atoms with Gasteiger partial charge in [0.1, 0.15) is 5.69 Å². The van der Waals surface area contributed by atoms with Gasteiger partial charge in [0.05, 0.1) is 5.51 Å². The van der Waals surface area contributed by atoms with Gasteiger partial charge in [0, 0.05) is 28.0 Å². The van der Waals surface area contributed by atoms with Crippen LogP contribution in [0.2, 0.25) is 0 Å². The van der Waals surface area contributed by atoms with E-state index in [1.165, 1.54) is 11.3 Å². The Morgan fingerprint density at radius 1 is 1.21 bits per heavy atom. The fourth-order valence-electron chi connectivity index (χ4n) is 2.04. The summed E-state index contributed by atoms with van der Waals surface area (Å²) >= 11 is 1.50. The van der Waals surface area contributed by atoms with Crippen LogP contribution in [0.5, 0.6) is 0 Å². The maximum Gasteiger partial charge on any atom is 0.277 e. The Bertz CT molecular complexity index is 831. The van der Waals surface area contributed by atoms with Crippen LogP contribution in [0, 0.1) is 0 Å². The molecule has 1 N–H and O–H groups in total. The monoisotopic (exact) mass is 268 g/mol. The summed E-state index contributed by atoms with van der Waals surface area (Å²) in [5.74, 6) is 1.02. The Labute approximate surface area is 111 Å². The molecule has 5 nitrogen and oxygen atoms in total. The zero-order valence-electron chi connectivity index (χ0n) is 9.70. The fourth-order valence-corrected chi connectivity index (χ4v) is 2.56. The summed E-state index contributed by atoms with van der Waals surface area (Å²) in [4.78, 5) is 11.7. The predicted molar refractivity (Wildman–Crippen MR) is 72.7 cm³/mol. The molecule has 3 heterocycles. The van der Waals surface area contributed by atoms with Gasteiger partial charge in [-0.15, -0.1) is 11.3 Å². The Kier molecular flexibility index (Phi) is 2.22. The third-order valence-corrected chi connectivity index (χ3v) is 3.50. The van der Waals surface area contributed by atoms with Crippen molar-refractivity contribution in [3.8, 4) is 23.0 Å². The van der Waals surface area contributed by atoms with Gasteiger partial charge in [-0.1, -0.05) is 17.3 Å². The molecule has 0 radical (unpaired) electrons. The van der Waals surface area contributed by atoms with Gasteiger partial charge in [-0.2, -0.15) is 4.98 Å². The van der Waals surface area contributed by atoms with Crippen molar-refractivity contribution in [3.05, 3.63) is 41.4 Å². The number of nitrogens with zero attached hydrogens (tertiary/aromatic N) is 3. The third-order valence-electron chi connectivity index (χ3n) is 2.91. The molecule has 4 rings (SSSR count). The Morgan fingerprint density at radius 2 is 2.21 bits per heavy atom. The number of aromatic amines is 1. The van der Waals surface area contributed by atoms with Crippen molar-refractivity contribution in [3.63, 3.8) is 0 Å². The first kappa shape index (κ1) is 10.5. The van der Waals surface area contributed by atoms with E-state index >= 15 is 0 Å². The van der Waals surface area contributed by atoms with E-state index in [1.54, 1.807) is 5.51 Å². The van der Waals surface area contributed by atoms with Crippen LogP contribution < -0.4 is 0 Å². The zero-order valence-corrected chi connectivity index (χ0v) is 10.5. The van der Waals surface area contributed by atoms with Crippen LogP contribution in [0.3, 0.4) is 0 Å². The van der Waals surface area contributed by atoms with Gasteiger partial charge in [0.15, 0.2) is 0 Å². The highest BCUT2D eigenvalue weighted by molar-refractivity contribution is 7.07. The molecule has 0 aliphatic heterocycles. The van der Waals surface area contributed by atoms with Crippen molar-refractivity contribution in [1.82, 2.24) is 20.1 Å². The minimum atomic E-state index is 0.448. The van der Waals surface area contributed by atoms with Gasteiger partial charge in [0.2, 0.25) is 5.82 Å². The van der Waals surface area contributed by atoms with Gasteiger partial charge in [-0.05, 0) is 12.1 Å². The highest BCUT2D eigenvalue weighted by Crippen LogP contribution is 2.27. The molecule has 0 unspecified atom stereocenters. The fraction of sp³-hybridized carbons (Fsp3) is 0. The second-order valence-electron chi connectivity index (χ2n) is 4.04. The van der Waals surface area contributed by atoms with Crippen LogP contribution in [0.1, 0.15) is 0 Å². The Morgan fingerprint density at radius 3 is 3.11 bits per heavy atom. The van der Waals surface area contributed by atoms with Crippen molar-refractivity contribution >= 4 is 22.2 Å². The number of thiazole rings is 1. The van der Waals surface area contributed by atoms with E-state index in [4.69, 9.17) is 4.52 Å². The molecule has 0 spiro atoms. The lowest BCUT2D eigenvalue weighted by atomic mass is 10.1. The lowest BCUT2D eigenvalue weighted by molar-refractivity contribution is 0.431. The summed E-state index contributed by atoms with van der Waals surface area (Å²) in [6.07, 6.45) is 1.90. The molecular formula is C13H8N4OS. The normalized spacial score (nSPS) is 11.2. The van der Waals surface area contributed by atoms with Crippen molar-refractivity contribution in [1.29, 1.82) is 0 Å². The smallest absolute Gasteiger partial charge is 0.277 e. The van der Waals surface area contributed by atoms with Crippen molar-refractivity contribution in [2.24, 2.45) is 0 Å². The molecule has 1 aromatic carbocycles. The first-order valence-corrected chi connectivity index (χ1v) is 6.65. The molecule has 0 saturated carbocycles. The maximum atomic E-state index is 5.26. The Balaban J connectivity index is 1.87. The van der Waals surface area contributed by atoms with E-state index in [0.29, 0.717) is 17.4 Å². The van der Waals surface area contributed by atoms with Crippen LogP contribution >= 0.6 is 11.3 Å². The SMILES string of the molecule is c1cc(-c2noc(-c3cscn3)n2)c2cc[nH]c2c1. The number of rotatable bonds is 2. The van der Waals surface area contributed by atoms with Gasteiger partial charge in [0.25, 0.3) is 5.89 Å². The van der Waals surface area contributed by atoms with E-state index in [9.17, 15) is 0 Å². The lowest BCUT2D eigenvalue weighted by Crippen LogP contribution is -1.82. The van der Waals surface area contributed by atoms with Gasteiger partial charge < -0.3 is 9.51 Å². The number of hydrogen-bond donors (Lipinski definition) is 1. The largest absolute Gasteiger partial charge is 0.361 e. The van der Waals surface area contributed by atoms with E-state index < -0.39 is 0 Å². The van der Waals surface area contributed by atoms with E-state index in [0.717, 1.165) is 16.5 Å². The standard InChI is InChI=1S/C13H8N4OS/c1-2-9(8-4-5-14-10(8)3-1)12-16-13(18-17-12)11-6-19-7-15-11/h1-7,14H. The summed E-state index contributed by atoms with van der Waals surface area (Å²) in [5, 5.41) is 7.00. The highest BCUT2D eigenvalue weighted by atomic mass is 32.1. The summed E-state index contributed by atoms with van der Waals surface area (Å²) < 4.78 is 5.26. The summed E-state index contributed by atoms with van der Waals surface area (Å²) in [5.41, 5.74) is 4.46. The molecule has 92 valence electrons. The van der Waals surface area contributed by atoms with Crippen LogP contribution in [0.15, 0.2) is 45.9 Å². The van der Waals surface area contributed by atoms with Crippen LogP contribution in [-0.2, 0) is 0 Å². The topological polar surface area (TPSA) is 67.6 Å². The average Bonchev–Trinajstić information content (AvgIpc) is 3.18. The highest BCUT2D eigenvalue weighted by Gasteiger charge is 2.14. The molecule has 0 amide bonds. The lowest BCUT2D eigenvalue weighted by Gasteiger charge is -1.96. The number of hydrogen-bond acceptors (Lipinski definition) is 5. The molecular weight excluding hydrogens is 260 g/mol. The summed E-state index contributed by atoms with van der Waals surface area (Å²) in [6, 6.07) is 7.96. The minimum absolute atomic E-state index is 0.448. The second kappa shape index (κ2) is 4.03. The second-order valence-corrected chi connectivity index (χ2v) is 4.76. The van der Waals surface area contributed by atoms with Crippen LogP contribution in [0.25, 0.3) is 33.9 Å². The molecule has 19 heavy (non-hydrogen) atoms. The van der Waals surface area contributed by atoms with Crippen molar-refractivity contribution in [2.45, 2.75) is 0 Å². The number of H-pyrrole nitrogens is 1. The van der Waals surface area contributed by atoms with E-state index in [-0.39, 0.29) is 0 Å². The average molecular weight is 268 g/mol. The molecule has 0 aliphatic rings. The number of nitrogens with one attached hydrogen (secondary N) is 1. The molecule has 0 bridgehead atoms. The molecule has 0 atom stereocenters. The van der Waals surface area contributed by atoms with Gasteiger partial charge in [-0.25, -0.2) is 4.98 Å². The predicted octanol–water partition coefficient (Wildman–Crippen LogP) is 3.34. The summed E-state index contributed by atoms with van der Waals surface area (Å²) in [6.45, 7) is 0. The quantitative estimate of drug-likeness (QED) is 0.605. The molecule has 0 fully saturated rings. The van der Waals surface area contributed by atoms with Crippen molar-refractivity contribution in [2.75, 3.05) is 0 Å². The molecule has 0 saturated heterocycles. The Hall–Kier alpha value is -2.47. The molecule has 4 aromatic rings. The van der Waals surface area contributed by atoms with Crippen LogP contribution in [0.4, 0.5) is 0 Å². The van der Waals surface area contributed by atoms with Gasteiger partial charge >= 0.3 is 0 Å². The molecule has 6 heteroatoms. The van der Waals surface area contributed by atoms with Crippen LogP contribution in [-0.4, -0.2) is 20.1 Å². The van der Waals surface area contributed by atoms with Gasteiger partial charge in [-0.3, -0.25) is 0 Å². The van der Waals surface area contributed by atoms with Crippen molar-refractivity contribution < 1.29 is 4.52 Å². The molecule has 3 aromatic heterocycles. The zero-order chi connectivity index (χ0) is 12.7. The molecule has 0 aliphatic carbocycles. The number of benzene rings is 1. The first-order valence-electron chi connectivity index (χ1n) is 5.70. The van der Waals surface area contributed by atoms with E-state index in [2.05, 4.69) is 20.1 Å². The maximum absolute atomic E-state index is 5.26. The minimum Gasteiger partial charge on any atom is -0.361 e. The number of aromatic nitrogens is 4. The summed E-state index contributed by atoms with van der Waals surface area (Å²) in [7, 11) is 0. The van der Waals surface area contributed by atoms with E-state index in [1.807, 2.05) is 35.8 Å². The third kappa shape index (κ3) is 1.65. The first-order chi connectivity index (χ1) is 9.42.